The predicted molar refractivity (Wildman–Crippen MR) is 66.9 cm³/mol. The lowest BCUT2D eigenvalue weighted by molar-refractivity contribution is 0.0647. The van der Waals surface area contributed by atoms with Gasteiger partial charge in [-0.25, -0.2) is 9.59 Å². The number of carboxylic acids is 2. The highest BCUT2D eigenvalue weighted by molar-refractivity contribution is 7.85. The van der Waals surface area contributed by atoms with Gasteiger partial charge in [0.25, 0.3) is 10.1 Å². The number of rotatable bonds is 7. The Balaban J connectivity index is 2.87. The molecule has 1 rings (SSSR count). The third-order valence-corrected chi connectivity index (χ3v) is 3.08. The minimum Gasteiger partial charge on any atom is -0.493 e. The smallest absolute Gasteiger partial charge is 0.340 e. The largest absolute Gasteiger partial charge is 0.493 e. The molecule has 8 nitrogen and oxygen atoms in total. The van der Waals surface area contributed by atoms with Gasteiger partial charge in [0.15, 0.2) is 0 Å². The van der Waals surface area contributed by atoms with E-state index in [4.69, 9.17) is 19.5 Å². The number of benzene rings is 1. The van der Waals surface area contributed by atoms with E-state index in [-0.39, 0.29) is 18.8 Å². The molecule has 0 aliphatic heterocycles. The summed E-state index contributed by atoms with van der Waals surface area (Å²) in [7, 11) is -4.12. The molecule has 0 atom stereocenters. The first kappa shape index (κ1) is 15.9. The van der Waals surface area contributed by atoms with Crippen LogP contribution in [0.5, 0.6) is 5.75 Å². The Hall–Kier alpha value is -2.13. The summed E-state index contributed by atoms with van der Waals surface area (Å²) in [5, 5.41) is 17.9. The molecule has 9 heteroatoms. The van der Waals surface area contributed by atoms with E-state index in [0.717, 1.165) is 6.07 Å². The zero-order valence-electron chi connectivity index (χ0n) is 10.1. The summed E-state index contributed by atoms with van der Waals surface area (Å²) in [4.78, 5) is 22.0. The van der Waals surface area contributed by atoms with Crippen molar-refractivity contribution in [2.75, 3.05) is 12.4 Å². The van der Waals surface area contributed by atoms with Crippen molar-refractivity contribution < 1.29 is 37.5 Å². The summed E-state index contributed by atoms with van der Waals surface area (Å²) in [5.74, 6) is -3.58. The Labute approximate surface area is 114 Å². The van der Waals surface area contributed by atoms with Crippen molar-refractivity contribution in [3.63, 3.8) is 0 Å². The molecule has 0 aliphatic carbocycles. The normalized spacial score (nSPS) is 11.1. The quantitative estimate of drug-likeness (QED) is 0.495. The minimum atomic E-state index is -4.12. The Bertz CT molecular complexity index is 619. The van der Waals surface area contributed by atoms with Gasteiger partial charge in [-0.15, -0.1) is 0 Å². The maximum atomic E-state index is 11.1. The summed E-state index contributed by atoms with van der Waals surface area (Å²) in [6, 6.07) is 3.70. The Morgan fingerprint density at radius 3 is 2.30 bits per heavy atom. The van der Waals surface area contributed by atoms with Crippen LogP contribution in [0.3, 0.4) is 0 Å². The molecule has 0 fully saturated rings. The Morgan fingerprint density at radius 1 is 1.15 bits per heavy atom. The van der Waals surface area contributed by atoms with Crippen molar-refractivity contribution in [2.45, 2.75) is 6.42 Å². The number of hydrogen-bond acceptors (Lipinski definition) is 5. The van der Waals surface area contributed by atoms with Gasteiger partial charge in [0, 0.05) is 0 Å². The van der Waals surface area contributed by atoms with Crippen LogP contribution in [0, 0.1) is 0 Å². The van der Waals surface area contributed by atoms with Crippen LogP contribution in [0.25, 0.3) is 0 Å². The van der Waals surface area contributed by atoms with Crippen molar-refractivity contribution in [1.29, 1.82) is 0 Å². The van der Waals surface area contributed by atoms with Crippen molar-refractivity contribution in [1.82, 2.24) is 0 Å². The Kier molecular flexibility index (Phi) is 5.06. The molecule has 20 heavy (non-hydrogen) atoms. The standard InChI is InChI=1S/C11H12O8S/c12-10(13)7-3-1-4-8(9(7)11(14)15)19-5-2-6-20(16,17)18/h1,3-4H,2,5-6H2,(H,12,13)(H,14,15)(H,16,17,18). The van der Waals surface area contributed by atoms with Crippen LogP contribution in [-0.4, -0.2) is 47.5 Å². The Morgan fingerprint density at radius 2 is 1.80 bits per heavy atom. The molecule has 0 bridgehead atoms. The maximum absolute atomic E-state index is 11.1. The van der Waals surface area contributed by atoms with E-state index in [2.05, 4.69) is 0 Å². The molecule has 0 aromatic heterocycles. The first-order chi connectivity index (χ1) is 9.22. The molecule has 0 unspecified atom stereocenters. The zero-order valence-corrected chi connectivity index (χ0v) is 11.0. The number of carbonyl (C=O) groups is 2. The van der Waals surface area contributed by atoms with Gasteiger partial charge in [0.05, 0.1) is 17.9 Å². The lowest BCUT2D eigenvalue weighted by Crippen LogP contribution is -2.13. The average Bonchev–Trinajstić information content (AvgIpc) is 2.32. The molecule has 1 aromatic carbocycles. The maximum Gasteiger partial charge on any atom is 0.340 e. The second-order valence-corrected chi connectivity index (χ2v) is 5.35. The van der Waals surface area contributed by atoms with Crippen molar-refractivity contribution >= 4 is 22.1 Å². The molecule has 3 N–H and O–H groups in total. The van der Waals surface area contributed by atoms with Gasteiger partial charge in [0.2, 0.25) is 0 Å². The molecule has 1 aromatic rings. The fourth-order valence-electron chi connectivity index (χ4n) is 1.47. The molecule has 0 saturated carbocycles. The van der Waals surface area contributed by atoms with E-state index < -0.39 is 38.9 Å². The van der Waals surface area contributed by atoms with E-state index in [1.165, 1.54) is 12.1 Å². The van der Waals surface area contributed by atoms with Gasteiger partial charge in [-0.2, -0.15) is 8.42 Å². The summed E-state index contributed by atoms with van der Waals surface area (Å²) in [6.45, 7) is -0.177. The van der Waals surface area contributed by atoms with Gasteiger partial charge in [-0.3, -0.25) is 4.55 Å². The number of carboxylic acid groups (broad SMARTS) is 2. The molecule has 0 radical (unpaired) electrons. The van der Waals surface area contributed by atoms with E-state index in [1.54, 1.807) is 0 Å². The fraction of sp³-hybridized carbons (Fsp3) is 0.273. The topological polar surface area (TPSA) is 138 Å². The minimum absolute atomic E-state index is 0.0603. The van der Waals surface area contributed by atoms with E-state index in [0.29, 0.717) is 0 Å². The molecule has 0 amide bonds. The highest BCUT2D eigenvalue weighted by Gasteiger charge is 2.21. The molecular formula is C11H12O8S. The van der Waals surface area contributed by atoms with Crippen LogP contribution < -0.4 is 4.74 Å². The first-order valence-electron chi connectivity index (χ1n) is 5.40. The van der Waals surface area contributed by atoms with E-state index in [9.17, 15) is 18.0 Å². The van der Waals surface area contributed by atoms with Crippen molar-refractivity contribution in [2.24, 2.45) is 0 Å². The molecule has 0 aliphatic rings. The molecular weight excluding hydrogens is 292 g/mol. The van der Waals surface area contributed by atoms with Crippen LogP contribution in [0.15, 0.2) is 18.2 Å². The molecule has 0 spiro atoms. The summed E-state index contributed by atoms with van der Waals surface area (Å²) in [5.41, 5.74) is -0.934. The number of hydrogen-bond donors (Lipinski definition) is 3. The van der Waals surface area contributed by atoms with Gasteiger partial charge in [-0.1, -0.05) is 6.07 Å². The lowest BCUT2D eigenvalue weighted by Gasteiger charge is -2.10. The first-order valence-corrected chi connectivity index (χ1v) is 7.01. The monoisotopic (exact) mass is 304 g/mol. The second-order valence-electron chi connectivity index (χ2n) is 3.78. The summed E-state index contributed by atoms with van der Waals surface area (Å²) >= 11 is 0. The van der Waals surface area contributed by atoms with Gasteiger partial charge in [-0.05, 0) is 18.6 Å². The third-order valence-electron chi connectivity index (χ3n) is 2.27. The fourth-order valence-corrected chi connectivity index (χ4v) is 1.96. The summed E-state index contributed by atoms with van der Waals surface area (Å²) in [6.07, 6.45) is -0.0603. The molecule has 110 valence electrons. The van der Waals surface area contributed by atoms with Gasteiger partial charge >= 0.3 is 11.9 Å². The van der Waals surface area contributed by atoms with E-state index in [1.807, 2.05) is 0 Å². The van der Waals surface area contributed by atoms with Crippen LogP contribution in [0.2, 0.25) is 0 Å². The summed E-state index contributed by atoms with van der Waals surface area (Å²) < 4.78 is 34.6. The van der Waals surface area contributed by atoms with Crippen LogP contribution in [0.1, 0.15) is 27.1 Å². The number of ether oxygens (including phenoxy) is 1. The average molecular weight is 304 g/mol. The highest BCUT2D eigenvalue weighted by Crippen LogP contribution is 2.23. The lowest BCUT2D eigenvalue weighted by atomic mass is 10.1. The third kappa shape index (κ3) is 4.52. The van der Waals surface area contributed by atoms with Crippen molar-refractivity contribution in [3.8, 4) is 5.75 Å². The van der Waals surface area contributed by atoms with Gasteiger partial charge in [0.1, 0.15) is 11.3 Å². The van der Waals surface area contributed by atoms with Crippen LogP contribution in [0.4, 0.5) is 0 Å². The van der Waals surface area contributed by atoms with Crippen molar-refractivity contribution in [3.05, 3.63) is 29.3 Å². The van der Waals surface area contributed by atoms with Crippen LogP contribution >= 0.6 is 0 Å². The van der Waals surface area contributed by atoms with Gasteiger partial charge < -0.3 is 14.9 Å². The zero-order chi connectivity index (χ0) is 15.3. The van der Waals surface area contributed by atoms with E-state index >= 15 is 0 Å². The predicted octanol–water partition coefficient (Wildman–Crippen LogP) is 0.740. The second kappa shape index (κ2) is 6.35. The molecule has 0 heterocycles. The highest BCUT2D eigenvalue weighted by atomic mass is 32.2. The SMILES string of the molecule is O=C(O)c1cccc(OCCCS(=O)(=O)O)c1C(=O)O. The number of aromatic carboxylic acids is 2. The van der Waals surface area contributed by atoms with Crippen LogP contribution in [-0.2, 0) is 10.1 Å². The molecule has 0 saturated heterocycles.